The maximum absolute atomic E-state index is 12.5. The lowest BCUT2D eigenvalue weighted by molar-refractivity contribution is -0.125. The molecule has 1 aliphatic carbocycles. The molecule has 1 fully saturated rings. The number of piperidine rings is 1. The molecule has 2 aliphatic rings. The van der Waals surface area contributed by atoms with E-state index in [1.54, 1.807) is 6.20 Å². The van der Waals surface area contributed by atoms with Gasteiger partial charge < -0.3 is 10.2 Å². The molecule has 1 atom stereocenters. The lowest BCUT2D eigenvalue weighted by atomic mass is 9.86. The van der Waals surface area contributed by atoms with E-state index < -0.39 is 0 Å². The number of hydrogen-bond acceptors (Lipinski definition) is 5. The van der Waals surface area contributed by atoms with Crippen LogP contribution >= 0.6 is 0 Å². The molecule has 6 nitrogen and oxygen atoms in total. The molecule has 0 bridgehead atoms. The number of anilines is 1. The molecule has 0 aromatic carbocycles. The van der Waals surface area contributed by atoms with Crippen molar-refractivity contribution in [1.82, 2.24) is 20.3 Å². The molecular formula is C20H25N5O. The number of aromatic nitrogens is 3. The van der Waals surface area contributed by atoms with Gasteiger partial charge >= 0.3 is 0 Å². The van der Waals surface area contributed by atoms with Crippen molar-refractivity contribution in [3.05, 3.63) is 47.5 Å². The summed E-state index contributed by atoms with van der Waals surface area (Å²) in [6.45, 7) is 2.59. The lowest BCUT2D eigenvalue weighted by Gasteiger charge is -2.28. The van der Waals surface area contributed by atoms with E-state index in [-0.39, 0.29) is 11.8 Å². The van der Waals surface area contributed by atoms with Crippen LogP contribution in [0.1, 0.15) is 42.6 Å². The Bertz CT molecular complexity index is 758. The standard InChI is InChI=1S/C20H25N5O/c26-19(22-14-17-6-2-3-9-21-17)15-7-8-18-16(12-15)13-23-20(24-18)25-10-4-1-5-11-25/h2-3,6,9,13,15H,1,4-5,7-8,10-12,14H2,(H,22,26)/t15-/m0/s1. The second kappa shape index (κ2) is 7.81. The van der Waals surface area contributed by atoms with Crippen LogP contribution in [0.5, 0.6) is 0 Å². The van der Waals surface area contributed by atoms with Crippen LogP contribution in [0, 0.1) is 5.92 Å². The average molecular weight is 351 g/mol. The van der Waals surface area contributed by atoms with Crippen molar-refractivity contribution in [2.75, 3.05) is 18.0 Å². The summed E-state index contributed by atoms with van der Waals surface area (Å²) in [6, 6.07) is 5.73. The van der Waals surface area contributed by atoms with E-state index in [2.05, 4.69) is 20.2 Å². The third kappa shape index (κ3) is 3.84. The number of pyridine rings is 1. The van der Waals surface area contributed by atoms with Crippen molar-refractivity contribution in [3.8, 4) is 0 Å². The van der Waals surface area contributed by atoms with Gasteiger partial charge in [-0.05, 0) is 56.2 Å². The number of nitrogens with one attached hydrogen (secondary N) is 1. The van der Waals surface area contributed by atoms with Gasteiger partial charge in [-0.2, -0.15) is 0 Å². The monoisotopic (exact) mass is 351 g/mol. The highest BCUT2D eigenvalue weighted by molar-refractivity contribution is 5.79. The van der Waals surface area contributed by atoms with E-state index in [9.17, 15) is 4.79 Å². The fourth-order valence-corrected chi connectivity index (χ4v) is 3.79. The number of carbonyl (C=O) groups excluding carboxylic acids is 1. The molecule has 0 spiro atoms. The molecule has 0 unspecified atom stereocenters. The zero-order valence-corrected chi connectivity index (χ0v) is 15.0. The predicted molar refractivity (Wildman–Crippen MR) is 99.7 cm³/mol. The second-order valence-electron chi connectivity index (χ2n) is 7.17. The molecule has 6 heteroatoms. The number of aryl methyl sites for hydroxylation is 1. The minimum atomic E-state index is -0.00403. The Hall–Kier alpha value is -2.50. The van der Waals surface area contributed by atoms with Gasteiger partial charge in [-0.3, -0.25) is 9.78 Å². The molecular weight excluding hydrogens is 326 g/mol. The van der Waals surface area contributed by atoms with Gasteiger partial charge in [0, 0.05) is 37.1 Å². The van der Waals surface area contributed by atoms with Gasteiger partial charge in [-0.15, -0.1) is 0 Å². The Morgan fingerprint density at radius 3 is 2.88 bits per heavy atom. The van der Waals surface area contributed by atoms with Gasteiger partial charge in [0.25, 0.3) is 0 Å². The largest absolute Gasteiger partial charge is 0.350 e. The van der Waals surface area contributed by atoms with Crippen molar-refractivity contribution in [1.29, 1.82) is 0 Å². The molecule has 4 rings (SSSR count). The summed E-state index contributed by atoms with van der Waals surface area (Å²) in [7, 11) is 0. The highest BCUT2D eigenvalue weighted by atomic mass is 16.1. The van der Waals surface area contributed by atoms with E-state index in [1.165, 1.54) is 19.3 Å². The van der Waals surface area contributed by atoms with Crippen LogP contribution in [0.2, 0.25) is 0 Å². The minimum Gasteiger partial charge on any atom is -0.350 e. The minimum absolute atomic E-state index is 0.00403. The van der Waals surface area contributed by atoms with Crippen LogP contribution in [0.15, 0.2) is 30.6 Å². The number of fused-ring (bicyclic) bond motifs is 1. The summed E-state index contributed by atoms with van der Waals surface area (Å²) in [5, 5.41) is 3.01. The summed E-state index contributed by atoms with van der Waals surface area (Å²) < 4.78 is 0. The molecule has 1 amide bonds. The van der Waals surface area contributed by atoms with Crippen LogP contribution in [0.25, 0.3) is 0 Å². The third-order valence-electron chi connectivity index (χ3n) is 5.32. The number of nitrogens with zero attached hydrogens (tertiary/aromatic N) is 4. The van der Waals surface area contributed by atoms with E-state index in [0.29, 0.717) is 6.54 Å². The van der Waals surface area contributed by atoms with Crippen LogP contribution in [-0.4, -0.2) is 33.9 Å². The molecule has 3 heterocycles. The first kappa shape index (κ1) is 16.9. The smallest absolute Gasteiger partial charge is 0.225 e. The van der Waals surface area contributed by atoms with Crippen molar-refractivity contribution in [3.63, 3.8) is 0 Å². The first-order chi connectivity index (χ1) is 12.8. The molecule has 0 radical (unpaired) electrons. The molecule has 1 aliphatic heterocycles. The Labute approximate surface area is 154 Å². The Morgan fingerprint density at radius 2 is 2.08 bits per heavy atom. The van der Waals surface area contributed by atoms with Crippen molar-refractivity contribution in [2.45, 2.75) is 45.1 Å². The van der Waals surface area contributed by atoms with Crippen LogP contribution in [0.3, 0.4) is 0 Å². The SMILES string of the molecule is O=C(NCc1ccccn1)[C@H]1CCc2nc(N3CCCCC3)ncc2C1. The number of rotatable bonds is 4. The van der Waals surface area contributed by atoms with Gasteiger partial charge in [0.15, 0.2) is 0 Å². The van der Waals surface area contributed by atoms with E-state index in [1.807, 2.05) is 24.4 Å². The van der Waals surface area contributed by atoms with Gasteiger partial charge in [0.2, 0.25) is 11.9 Å². The molecule has 0 saturated carbocycles. The Balaban J connectivity index is 1.37. The maximum Gasteiger partial charge on any atom is 0.225 e. The molecule has 1 N–H and O–H groups in total. The van der Waals surface area contributed by atoms with Crippen molar-refractivity contribution < 1.29 is 4.79 Å². The Morgan fingerprint density at radius 1 is 1.19 bits per heavy atom. The Kier molecular flexibility index (Phi) is 5.09. The van der Waals surface area contributed by atoms with E-state index in [0.717, 1.165) is 55.3 Å². The lowest BCUT2D eigenvalue weighted by Crippen LogP contribution is -2.35. The van der Waals surface area contributed by atoms with Crippen LogP contribution < -0.4 is 10.2 Å². The number of hydrogen-bond donors (Lipinski definition) is 1. The zero-order valence-electron chi connectivity index (χ0n) is 15.0. The van der Waals surface area contributed by atoms with Gasteiger partial charge in [-0.1, -0.05) is 6.07 Å². The normalized spacial score (nSPS) is 19.7. The van der Waals surface area contributed by atoms with Crippen molar-refractivity contribution >= 4 is 11.9 Å². The molecule has 26 heavy (non-hydrogen) atoms. The average Bonchev–Trinajstić information content (AvgIpc) is 2.72. The van der Waals surface area contributed by atoms with Gasteiger partial charge in [0.05, 0.1) is 12.2 Å². The second-order valence-corrected chi connectivity index (χ2v) is 7.17. The summed E-state index contributed by atoms with van der Waals surface area (Å²) in [4.78, 5) is 28.4. The number of carbonyl (C=O) groups is 1. The topological polar surface area (TPSA) is 71.0 Å². The summed E-state index contributed by atoms with van der Waals surface area (Å²) in [5.41, 5.74) is 3.12. The van der Waals surface area contributed by atoms with Gasteiger partial charge in [-0.25, -0.2) is 9.97 Å². The fraction of sp³-hybridized carbons (Fsp3) is 0.500. The summed E-state index contributed by atoms with van der Waals surface area (Å²) in [6.07, 6.45) is 9.84. The van der Waals surface area contributed by atoms with Crippen molar-refractivity contribution in [2.24, 2.45) is 5.92 Å². The van der Waals surface area contributed by atoms with Gasteiger partial charge in [0.1, 0.15) is 0 Å². The van der Waals surface area contributed by atoms with E-state index in [4.69, 9.17) is 4.98 Å². The predicted octanol–water partition coefficient (Wildman–Crippen LogP) is 2.28. The van der Waals surface area contributed by atoms with E-state index >= 15 is 0 Å². The fourth-order valence-electron chi connectivity index (χ4n) is 3.79. The first-order valence-corrected chi connectivity index (χ1v) is 9.57. The summed E-state index contributed by atoms with van der Waals surface area (Å²) in [5.74, 6) is 0.957. The molecule has 136 valence electrons. The quantitative estimate of drug-likeness (QED) is 0.915. The number of amides is 1. The first-order valence-electron chi connectivity index (χ1n) is 9.57. The van der Waals surface area contributed by atoms with Crippen LogP contribution in [0.4, 0.5) is 5.95 Å². The third-order valence-corrected chi connectivity index (χ3v) is 5.32. The van der Waals surface area contributed by atoms with Crippen LogP contribution in [-0.2, 0) is 24.2 Å². The maximum atomic E-state index is 12.5. The molecule has 1 saturated heterocycles. The summed E-state index contributed by atoms with van der Waals surface area (Å²) >= 11 is 0. The molecule has 2 aromatic heterocycles. The highest BCUT2D eigenvalue weighted by Crippen LogP contribution is 2.26. The molecule has 2 aromatic rings. The zero-order chi connectivity index (χ0) is 17.8. The highest BCUT2D eigenvalue weighted by Gasteiger charge is 2.26.